The fourth-order valence-electron chi connectivity index (χ4n) is 2.32. The molecule has 0 saturated heterocycles. The van der Waals surface area contributed by atoms with Crippen molar-refractivity contribution in [3.8, 4) is 0 Å². The molecule has 2 aromatic carbocycles. The Labute approximate surface area is 164 Å². The number of hydrogen-bond donors (Lipinski definition) is 0. The van der Waals surface area contributed by atoms with Crippen LogP contribution in [0.1, 0.15) is 21.2 Å². The first-order valence-electron chi connectivity index (χ1n) is 7.40. The number of carbonyl (C=O) groups excluding carboxylic acids is 1. The van der Waals surface area contributed by atoms with Crippen molar-refractivity contribution in [1.29, 1.82) is 0 Å². The number of aromatic nitrogens is 2. The van der Waals surface area contributed by atoms with Gasteiger partial charge in [-0.15, -0.1) is 0 Å². The molecule has 0 spiro atoms. The Balaban J connectivity index is 1.86. The van der Waals surface area contributed by atoms with Crippen LogP contribution >= 0.6 is 46.6 Å². The molecule has 0 aliphatic carbocycles. The van der Waals surface area contributed by atoms with Crippen LogP contribution in [0.15, 0.2) is 61.2 Å². The van der Waals surface area contributed by atoms with E-state index in [0.29, 0.717) is 27.2 Å². The topological polar surface area (TPSA) is 34.9 Å². The average Bonchev–Trinajstić information content (AvgIpc) is 3.08. The first-order chi connectivity index (χ1) is 12.0. The van der Waals surface area contributed by atoms with Gasteiger partial charge in [0.05, 0.1) is 16.6 Å². The maximum absolute atomic E-state index is 12.7. The van der Waals surface area contributed by atoms with Gasteiger partial charge in [0, 0.05) is 34.5 Å². The van der Waals surface area contributed by atoms with Crippen molar-refractivity contribution in [2.24, 2.45) is 0 Å². The molecule has 0 bridgehead atoms. The number of nitrogens with zero attached hydrogens (tertiary/aromatic N) is 2. The van der Waals surface area contributed by atoms with Crippen LogP contribution in [0.2, 0.25) is 15.1 Å². The van der Waals surface area contributed by atoms with E-state index >= 15 is 0 Å². The summed E-state index contributed by atoms with van der Waals surface area (Å²) in [6, 6.07) is 12.4. The van der Waals surface area contributed by atoms with Gasteiger partial charge < -0.3 is 4.57 Å². The van der Waals surface area contributed by atoms with Crippen molar-refractivity contribution in [1.82, 2.24) is 9.55 Å². The third-order valence-electron chi connectivity index (χ3n) is 3.58. The molecule has 1 atom stereocenters. The molecule has 128 valence electrons. The van der Waals surface area contributed by atoms with E-state index in [9.17, 15) is 4.79 Å². The molecular formula is C18H13Cl3N2OS. The summed E-state index contributed by atoms with van der Waals surface area (Å²) >= 11 is 19.3. The summed E-state index contributed by atoms with van der Waals surface area (Å²) < 4.78 is 1.93. The third kappa shape index (κ3) is 4.79. The van der Waals surface area contributed by atoms with E-state index in [2.05, 4.69) is 4.98 Å². The summed E-state index contributed by atoms with van der Waals surface area (Å²) in [5.74, 6) is 0. The number of halogens is 3. The number of carbonyl (C=O) groups is 1. The molecule has 7 heteroatoms. The van der Waals surface area contributed by atoms with Crippen LogP contribution in [0.4, 0.5) is 0 Å². The van der Waals surface area contributed by atoms with Gasteiger partial charge in [-0.1, -0.05) is 58.7 Å². The van der Waals surface area contributed by atoms with Gasteiger partial charge in [0.2, 0.25) is 5.12 Å². The van der Waals surface area contributed by atoms with Crippen molar-refractivity contribution in [2.75, 3.05) is 0 Å². The number of imidazole rings is 1. The highest BCUT2D eigenvalue weighted by Gasteiger charge is 2.20. The third-order valence-corrected chi connectivity index (χ3v) is 5.52. The molecule has 0 saturated carbocycles. The predicted molar refractivity (Wildman–Crippen MR) is 105 cm³/mol. The minimum Gasteiger partial charge on any atom is -0.336 e. The highest BCUT2D eigenvalue weighted by Crippen LogP contribution is 2.35. The van der Waals surface area contributed by atoms with Crippen LogP contribution in [0.3, 0.4) is 0 Å². The molecule has 25 heavy (non-hydrogen) atoms. The van der Waals surface area contributed by atoms with E-state index in [-0.39, 0.29) is 10.4 Å². The summed E-state index contributed by atoms with van der Waals surface area (Å²) in [4.78, 5) is 16.8. The van der Waals surface area contributed by atoms with Crippen molar-refractivity contribution in [3.05, 3.63) is 87.4 Å². The second kappa shape index (κ2) is 8.28. The van der Waals surface area contributed by atoms with Gasteiger partial charge in [-0.2, -0.15) is 0 Å². The van der Waals surface area contributed by atoms with Crippen LogP contribution in [-0.4, -0.2) is 14.7 Å². The minimum atomic E-state index is -0.110. The lowest BCUT2D eigenvalue weighted by atomic mass is 10.1. The smallest absolute Gasteiger partial charge is 0.221 e. The number of thioether (sulfide) groups is 1. The second-order valence-corrected chi connectivity index (χ2v) is 7.78. The number of benzene rings is 2. The van der Waals surface area contributed by atoms with E-state index < -0.39 is 0 Å². The molecule has 0 fully saturated rings. The summed E-state index contributed by atoms with van der Waals surface area (Å²) in [7, 11) is 0. The van der Waals surface area contributed by atoms with Crippen molar-refractivity contribution in [2.45, 2.75) is 11.8 Å². The molecule has 0 aliphatic heterocycles. The van der Waals surface area contributed by atoms with Crippen LogP contribution in [-0.2, 0) is 6.54 Å². The Bertz CT molecular complexity index is 867. The van der Waals surface area contributed by atoms with E-state index in [1.807, 2.05) is 35.0 Å². The molecule has 1 unspecified atom stereocenters. The number of hydrogen-bond acceptors (Lipinski definition) is 3. The first kappa shape index (κ1) is 18.3. The Morgan fingerprint density at radius 1 is 1.08 bits per heavy atom. The molecule has 1 aromatic heterocycles. The second-order valence-electron chi connectivity index (χ2n) is 5.33. The summed E-state index contributed by atoms with van der Waals surface area (Å²) in [5.41, 5.74) is 1.45. The Kier molecular flexibility index (Phi) is 6.07. The summed E-state index contributed by atoms with van der Waals surface area (Å²) in [6.07, 6.45) is 5.30. The Hall–Kier alpha value is -1.46. The SMILES string of the molecule is O=C(SC(Cn1ccnc1)c1ccc(Cl)cc1)c1ccc(Cl)cc1Cl. The fourth-order valence-corrected chi connectivity index (χ4v) is 4.10. The molecule has 0 amide bonds. The zero-order chi connectivity index (χ0) is 17.8. The van der Waals surface area contributed by atoms with Crippen LogP contribution in [0.25, 0.3) is 0 Å². The largest absolute Gasteiger partial charge is 0.336 e. The molecule has 3 aromatic rings. The zero-order valence-electron chi connectivity index (χ0n) is 12.9. The molecule has 0 N–H and O–H groups in total. The molecule has 0 radical (unpaired) electrons. The maximum atomic E-state index is 12.7. The van der Waals surface area contributed by atoms with Crippen LogP contribution in [0, 0.1) is 0 Å². The van der Waals surface area contributed by atoms with E-state index in [1.54, 1.807) is 30.7 Å². The van der Waals surface area contributed by atoms with Gasteiger partial charge in [-0.25, -0.2) is 4.98 Å². The van der Waals surface area contributed by atoms with Gasteiger partial charge in [-0.3, -0.25) is 4.79 Å². The van der Waals surface area contributed by atoms with Gasteiger partial charge in [0.1, 0.15) is 0 Å². The monoisotopic (exact) mass is 410 g/mol. The highest BCUT2D eigenvalue weighted by atomic mass is 35.5. The Morgan fingerprint density at radius 3 is 2.44 bits per heavy atom. The Morgan fingerprint density at radius 2 is 1.80 bits per heavy atom. The lowest BCUT2D eigenvalue weighted by molar-refractivity contribution is 0.108. The molecule has 3 nitrogen and oxygen atoms in total. The van der Waals surface area contributed by atoms with Crippen molar-refractivity contribution in [3.63, 3.8) is 0 Å². The van der Waals surface area contributed by atoms with E-state index in [4.69, 9.17) is 34.8 Å². The molecular weight excluding hydrogens is 399 g/mol. The van der Waals surface area contributed by atoms with Crippen LogP contribution in [0.5, 0.6) is 0 Å². The zero-order valence-corrected chi connectivity index (χ0v) is 16.0. The van der Waals surface area contributed by atoms with Crippen molar-refractivity contribution < 1.29 is 4.79 Å². The van der Waals surface area contributed by atoms with Gasteiger partial charge in [0.15, 0.2) is 0 Å². The normalized spacial score (nSPS) is 12.1. The maximum Gasteiger partial charge on any atom is 0.221 e. The van der Waals surface area contributed by atoms with Gasteiger partial charge in [-0.05, 0) is 35.9 Å². The minimum absolute atomic E-state index is 0.106. The first-order valence-corrected chi connectivity index (χ1v) is 9.41. The van der Waals surface area contributed by atoms with Crippen LogP contribution < -0.4 is 0 Å². The standard InChI is InChI=1S/C18H13Cl3N2OS/c19-13-3-1-12(2-4-13)17(10-23-8-7-22-11-23)25-18(24)15-6-5-14(20)9-16(15)21/h1-9,11,17H,10H2. The molecule has 0 aliphatic rings. The lowest BCUT2D eigenvalue weighted by Crippen LogP contribution is -2.08. The van der Waals surface area contributed by atoms with Crippen molar-refractivity contribution >= 4 is 51.7 Å². The van der Waals surface area contributed by atoms with Gasteiger partial charge >= 0.3 is 0 Å². The highest BCUT2D eigenvalue weighted by molar-refractivity contribution is 8.14. The van der Waals surface area contributed by atoms with E-state index in [1.165, 1.54) is 11.8 Å². The number of rotatable bonds is 5. The molecule has 3 rings (SSSR count). The van der Waals surface area contributed by atoms with E-state index in [0.717, 1.165) is 5.56 Å². The predicted octanol–water partition coefficient (Wildman–Crippen LogP) is 6.16. The fraction of sp³-hybridized carbons (Fsp3) is 0.111. The lowest BCUT2D eigenvalue weighted by Gasteiger charge is -2.17. The molecule has 1 heterocycles. The van der Waals surface area contributed by atoms with Gasteiger partial charge in [0.25, 0.3) is 0 Å². The summed E-state index contributed by atoms with van der Waals surface area (Å²) in [6.45, 7) is 0.600. The quantitative estimate of drug-likeness (QED) is 0.504. The average molecular weight is 412 g/mol. The summed E-state index contributed by atoms with van der Waals surface area (Å²) in [5, 5.41) is 1.29.